The zero-order valence-electron chi connectivity index (χ0n) is 10.7. The monoisotopic (exact) mass is 250 g/mol. The van der Waals surface area contributed by atoms with Gasteiger partial charge in [-0.2, -0.15) is 0 Å². The van der Waals surface area contributed by atoms with E-state index in [1.54, 1.807) is 11.8 Å². The van der Waals surface area contributed by atoms with E-state index in [0.717, 1.165) is 17.3 Å². The second-order valence-electron chi connectivity index (χ2n) is 4.52. The van der Waals surface area contributed by atoms with E-state index in [2.05, 4.69) is 15.3 Å². The molecule has 1 aromatic heterocycles. The van der Waals surface area contributed by atoms with E-state index in [1.165, 1.54) is 0 Å². The summed E-state index contributed by atoms with van der Waals surface area (Å²) in [7, 11) is 0. The van der Waals surface area contributed by atoms with Crippen LogP contribution in [-0.2, 0) is 4.79 Å². The highest BCUT2D eigenvalue weighted by Crippen LogP contribution is 2.25. The molecule has 2 heterocycles. The molecule has 18 heavy (non-hydrogen) atoms. The summed E-state index contributed by atoms with van der Waals surface area (Å²) in [6.45, 7) is 5.41. The van der Waals surface area contributed by atoms with Gasteiger partial charge >= 0.3 is 0 Å². The van der Waals surface area contributed by atoms with E-state index in [-0.39, 0.29) is 18.4 Å². The van der Waals surface area contributed by atoms with Gasteiger partial charge in [0.1, 0.15) is 11.6 Å². The molecule has 0 unspecified atom stereocenters. The second kappa shape index (κ2) is 5.30. The number of aryl methyl sites for hydroxylation is 1. The Labute approximate surface area is 106 Å². The number of anilines is 1. The number of aliphatic hydroxyl groups excluding tert-OH is 1. The molecule has 0 bridgehead atoms. The summed E-state index contributed by atoms with van der Waals surface area (Å²) in [6.07, 6.45) is 0. The Balaban J connectivity index is 2.05. The van der Waals surface area contributed by atoms with Gasteiger partial charge in [-0.1, -0.05) is 0 Å². The van der Waals surface area contributed by atoms with Crippen LogP contribution in [0, 0.1) is 6.92 Å². The smallest absolute Gasteiger partial charge is 0.219 e. The first kappa shape index (κ1) is 12.8. The van der Waals surface area contributed by atoms with Crippen LogP contribution >= 0.6 is 0 Å². The van der Waals surface area contributed by atoms with Crippen molar-refractivity contribution < 1.29 is 9.90 Å². The lowest BCUT2D eigenvalue weighted by atomic mass is 9.99. The highest BCUT2D eigenvalue weighted by molar-refractivity contribution is 5.74. The molecule has 1 saturated heterocycles. The van der Waals surface area contributed by atoms with Crippen LogP contribution in [0.4, 0.5) is 5.82 Å². The van der Waals surface area contributed by atoms with Gasteiger partial charge in [0.15, 0.2) is 0 Å². The standard InChI is InChI=1S/C12H18N4O2/c1-8-5-11(13-3-4-17)15-12(14-8)10-6-16(7-10)9(2)18/h5,10,17H,3-4,6-7H2,1-2H3,(H,13,14,15). The highest BCUT2D eigenvalue weighted by Gasteiger charge is 2.32. The number of aliphatic hydroxyl groups is 1. The number of carbonyl (C=O) groups is 1. The van der Waals surface area contributed by atoms with Crippen LogP contribution in [0.1, 0.15) is 24.4 Å². The van der Waals surface area contributed by atoms with Crippen LogP contribution in [0.3, 0.4) is 0 Å². The van der Waals surface area contributed by atoms with Crippen LogP contribution in [0.2, 0.25) is 0 Å². The van der Waals surface area contributed by atoms with Crippen molar-refractivity contribution in [2.24, 2.45) is 0 Å². The number of likely N-dealkylation sites (tertiary alicyclic amines) is 1. The number of nitrogens with zero attached hydrogens (tertiary/aromatic N) is 3. The zero-order valence-corrected chi connectivity index (χ0v) is 10.7. The molecule has 0 spiro atoms. The fraction of sp³-hybridized carbons (Fsp3) is 0.583. The van der Waals surface area contributed by atoms with Gasteiger partial charge in [0.05, 0.1) is 12.5 Å². The Morgan fingerprint density at radius 3 is 2.89 bits per heavy atom. The van der Waals surface area contributed by atoms with Crippen molar-refractivity contribution in [1.29, 1.82) is 0 Å². The first-order chi connectivity index (χ1) is 8.60. The van der Waals surface area contributed by atoms with Crippen LogP contribution in [0.5, 0.6) is 0 Å². The molecular weight excluding hydrogens is 232 g/mol. The second-order valence-corrected chi connectivity index (χ2v) is 4.52. The van der Waals surface area contributed by atoms with Gasteiger partial charge in [-0.05, 0) is 6.92 Å². The summed E-state index contributed by atoms with van der Waals surface area (Å²) in [5.41, 5.74) is 0.890. The predicted octanol–water partition coefficient (Wildman–Crippen LogP) is 0.135. The van der Waals surface area contributed by atoms with Crippen molar-refractivity contribution in [3.05, 3.63) is 17.6 Å². The van der Waals surface area contributed by atoms with Gasteiger partial charge in [-0.25, -0.2) is 9.97 Å². The third-order valence-corrected chi connectivity index (χ3v) is 2.98. The van der Waals surface area contributed by atoms with Gasteiger partial charge in [-0.3, -0.25) is 4.79 Å². The summed E-state index contributed by atoms with van der Waals surface area (Å²) >= 11 is 0. The molecule has 1 fully saturated rings. The lowest BCUT2D eigenvalue weighted by molar-refractivity contribution is -0.133. The van der Waals surface area contributed by atoms with Crippen molar-refractivity contribution in [3.63, 3.8) is 0 Å². The van der Waals surface area contributed by atoms with Crippen LogP contribution in [0.15, 0.2) is 6.07 Å². The maximum Gasteiger partial charge on any atom is 0.219 e. The SMILES string of the molecule is CC(=O)N1CC(c2nc(C)cc(NCCO)n2)C1. The zero-order chi connectivity index (χ0) is 13.1. The van der Waals surface area contributed by atoms with Crippen molar-refractivity contribution in [2.75, 3.05) is 31.6 Å². The fourth-order valence-corrected chi connectivity index (χ4v) is 1.95. The largest absolute Gasteiger partial charge is 0.395 e. The van der Waals surface area contributed by atoms with E-state index in [4.69, 9.17) is 5.11 Å². The molecular formula is C12H18N4O2. The number of aromatic nitrogens is 2. The van der Waals surface area contributed by atoms with Crippen molar-refractivity contribution in [1.82, 2.24) is 14.9 Å². The molecule has 1 amide bonds. The number of nitrogens with one attached hydrogen (secondary N) is 1. The van der Waals surface area contributed by atoms with Gasteiger partial charge in [0, 0.05) is 38.3 Å². The topological polar surface area (TPSA) is 78.4 Å². The number of amides is 1. The van der Waals surface area contributed by atoms with Crippen LogP contribution in [0.25, 0.3) is 0 Å². The van der Waals surface area contributed by atoms with Crippen molar-refractivity contribution >= 4 is 11.7 Å². The summed E-state index contributed by atoms with van der Waals surface area (Å²) in [5, 5.41) is 11.8. The van der Waals surface area contributed by atoms with Gasteiger partial charge < -0.3 is 15.3 Å². The quantitative estimate of drug-likeness (QED) is 0.794. The molecule has 1 aliphatic heterocycles. The summed E-state index contributed by atoms with van der Waals surface area (Å²) in [4.78, 5) is 21.7. The fourth-order valence-electron chi connectivity index (χ4n) is 1.95. The predicted molar refractivity (Wildman–Crippen MR) is 67.3 cm³/mol. The molecule has 98 valence electrons. The summed E-state index contributed by atoms with van der Waals surface area (Å²) in [6, 6.07) is 1.85. The Kier molecular flexibility index (Phi) is 3.76. The molecule has 1 aromatic rings. The van der Waals surface area contributed by atoms with E-state index < -0.39 is 0 Å². The molecule has 0 radical (unpaired) electrons. The number of hydrogen-bond acceptors (Lipinski definition) is 5. The van der Waals surface area contributed by atoms with Gasteiger partial charge in [0.25, 0.3) is 0 Å². The average molecular weight is 250 g/mol. The van der Waals surface area contributed by atoms with E-state index >= 15 is 0 Å². The number of carbonyl (C=O) groups excluding carboxylic acids is 1. The molecule has 2 rings (SSSR count). The first-order valence-corrected chi connectivity index (χ1v) is 6.06. The Bertz CT molecular complexity index is 444. The Morgan fingerprint density at radius 2 is 2.28 bits per heavy atom. The Hall–Kier alpha value is -1.69. The minimum absolute atomic E-state index is 0.0694. The van der Waals surface area contributed by atoms with Crippen LogP contribution < -0.4 is 5.32 Å². The molecule has 1 aliphatic rings. The third kappa shape index (κ3) is 2.76. The first-order valence-electron chi connectivity index (χ1n) is 6.06. The van der Waals surface area contributed by atoms with Crippen molar-refractivity contribution in [2.45, 2.75) is 19.8 Å². The number of rotatable bonds is 4. The van der Waals surface area contributed by atoms with E-state index in [9.17, 15) is 4.79 Å². The molecule has 0 aliphatic carbocycles. The van der Waals surface area contributed by atoms with E-state index in [0.29, 0.717) is 19.6 Å². The lowest BCUT2D eigenvalue weighted by Gasteiger charge is -2.37. The molecule has 6 nitrogen and oxygen atoms in total. The lowest BCUT2D eigenvalue weighted by Crippen LogP contribution is -2.48. The highest BCUT2D eigenvalue weighted by atomic mass is 16.3. The van der Waals surface area contributed by atoms with E-state index in [1.807, 2.05) is 13.0 Å². The minimum atomic E-state index is 0.0694. The van der Waals surface area contributed by atoms with Gasteiger partial charge in [-0.15, -0.1) is 0 Å². The summed E-state index contributed by atoms with van der Waals surface area (Å²) in [5.74, 6) is 1.82. The molecule has 2 N–H and O–H groups in total. The maximum atomic E-state index is 11.1. The molecule has 0 saturated carbocycles. The van der Waals surface area contributed by atoms with Gasteiger partial charge in [0.2, 0.25) is 5.91 Å². The molecule has 0 aromatic carbocycles. The average Bonchev–Trinajstić information content (AvgIpc) is 2.23. The Morgan fingerprint density at radius 1 is 1.56 bits per heavy atom. The molecule has 0 atom stereocenters. The van der Waals surface area contributed by atoms with Crippen LogP contribution in [-0.4, -0.2) is 52.1 Å². The maximum absolute atomic E-state index is 11.1. The minimum Gasteiger partial charge on any atom is -0.395 e. The normalized spacial score (nSPS) is 15.4. The van der Waals surface area contributed by atoms with Crippen molar-refractivity contribution in [3.8, 4) is 0 Å². The summed E-state index contributed by atoms with van der Waals surface area (Å²) < 4.78 is 0. The third-order valence-electron chi connectivity index (χ3n) is 2.98. The number of hydrogen-bond donors (Lipinski definition) is 2. The molecule has 6 heteroatoms.